The molecule has 4 rings (SSSR count). The van der Waals surface area contributed by atoms with Gasteiger partial charge in [-0.05, 0) is 70.3 Å². The Morgan fingerprint density at radius 2 is 1.62 bits per heavy atom. The van der Waals surface area contributed by atoms with Gasteiger partial charge in [0.1, 0.15) is 5.75 Å². The number of carboxylic acid groups (broad SMARTS) is 1. The minimum atomic E-state index is -0.963. The van der Waals surface area contributed by atoms with E-state index in [1.165, 1.54) is 0 Å². The Balaban J connectivity index is 1.38. The Labute approximate surface area is 246 Å². The third-order valence-corrected chi connectivity index (χ3v) is 6.84. The fourth-order valence-corrected chi connectivity index (χ4v) is 4.64. The molecule has 42 heavy (non-hydrogen) atoms. The smallest absolute Gasteiger partial charge is 0.333 e. The van der Waals surface area contributed by atoms with Crippen LogP contribution in [0.2, 0.25) is 0 Å². The van der Waals surface area contributed by atoms with E-state index in [0.29, 0.717) is 44.1 Å². The number of nitrogens with zero attached hydrogens (tertiary/aromatic N) is 1. The van der Waals surface area contributed by atoms with Crippen LogP contribution in [0.1, 0.15) is 28.4 Å². The third-order valence-electron chi connectivity index (χ3n) is 6.84. The van der Waals surface area contributed by atoms with Crippen molar-refractivity contribution in [3.05, 3.63) is 102 Å². The zero-order valence-corrected chi connectivity index (χ0v) is 24.2. The first kappa shape index (κ1) is 30.7. The highest BCUT2D eigenvalue weighted by molar-refractivity contribution is 5.98. The summed E-state index contributed by atoms with van der Waals surface area (Å²) in [5.74, 6) is -0.336. The Hall–Kier alpha value is -4.24. The fourth-order valence-electron chi connectivity index (χ4n) is 4.64. The van der Waals surface area contributed by atoms with Crippen molar-refractivity contribution in [1.82, 2.24) is 4.90 Å². The average Bonchev–Trinajstić information content (AvgIpc) is 3.00. The van der Waals surface area contributed by atoms with Gasteiger partial charge in [-0.1, -0.05) is 54.6 Å². The van der Waals surface area contributed by atoms with Gasteiger partial charge >= 0.3 is 5.97 Å². The highest BCUT2D eigenvalue weighted by Gasteiger charge is 2.18. The van der Waals surface area contributed by atoms with Gasteiger partial charge in [0, 0.05) is 39.3 Å². The first-order chi connectivity index (χ1) is 20.4. The standard InChI is InChI=1S/C34H37NO7/c1-4-41-32(34(37)38)19-24-8-10-26(11-9-24)27-7-5-6-25(18-27)22-35(2)33(36)30-13-12-29-21-31(15-14-28(29)20-30)42-23-40-17-16-39-3/h5-15,18,20-21,32H,4,16-17,19,22-23H2,1-3H3,(H,37,38). The van der Waals surface area contributed by atoms with E-state index in [9.17, 15) is 14.7 Å². The molecule has 220 valence electrons. The van der Waals surface area contributed by atoms with E-state index in [0.717, 1.165) is 33.0 Å². The number of hydrogen-bond acceptors (Lipinski definition) is 6. The lowest BCUT2D eigenvalue weighted by atomic mass is 9.99. The summed E-state index contributed by atoms with van der Waals surface area (Å²) < 4.78 is 21.3. The maximum atomic E-state index is 13.3. The van der Waals surface area contributed by atoms with E-state index < -0.39 is 12.1 Å². The van der Waals surface area contributed by atoms with Crippen molar-refractivity contribution in [3.63, 3.8) is 0 Å². The number of amides is 1. The summed E-state index contributed by atoms with van der Waals surface area (Å²) in [6, 6.07) is 27.3. The molecule has 0 aromatic heterocycles. The first-order valence-electron chi connectivity index (χ1n) is 13.9. The van der Waals surface area contributed by atoms with Gasteiger partial charge in [0.25, 0.3) is 5.91 Å². The molecule has 0 aliphatic heterocycles. The topological polar surface area (TPSA) is 94.5 Å². The van der Waals surface area contributed by atoms with Crippen LogP contribution >= 0.6 is 0 Å². The maximum absolute atomic E-state index is 13.3. The van der Waals surface area contributed by atoms with E-state index in [1.807, 2.05) is 78.9 Å². The molecule has 8 nitrogen and oxygen atoms in total. The molecular weight excluding hydrogens is 534 g/mol. The van der Waals surface area contributed by atoms with E-state index in [1.54, 1.807) is 26.0 Å². The van der Waals surface area contributed by atoms with Gasteiger partial charge in [-0.25, -0.2) is 4.79 Å². The molecule has 0 heterocycles. The lowest BCUT2D eigenvalue weighted by Gasteiger charge is -2.18. The lowest BCUT2D eigenvalue weighted by Crippen LogP contribution is -2.26. The number of hydrogen-bond donors (Lipinski definition) is 1. The number of methoxy groups -OCH3 is 1. The quantitative estimate of drug-likeness (QED) is 0.142. The molecule has 0 aliphatic carbocycles. The molecule has 0 fully saturated rings. The predicted octanol–water partition coefficient (Wildman–Crippen LogP) is 5.81. The van der Waals surface area contributed by atoms with Gasteiger partial charge in [0.2, 0.25) is 0 Å². The Morgan fingerprint density at radius 3 is 2.36 bits per heavy atom. The highest BCUT2D eigenvalue weighted by atomic mass is 16.7. The van der Waals surface area contributed by atoms with Crippen molar-refractivity contribution in [2.75, 3.05) is 40.8 Å². The normalized spacial score (nSPS) is 11.8. The van der Waals surface area contributed by atoms with Crippen molar-refractivity contribution < 1.29 is 33.6 Å². The zero-order valence-electron chi connectivity index (χ0n) is 24.2. The Morgan fingerprint density at radius 1 is 0.857 bits per heavy atom. The van der Waals surface area contributed by atoms with Crippen molar-refractivity contribution in [3.8, 4) is 16.9 Å². The summed E-state index contributed by atoms with van der Waals surface area (Å²) in [4.78, 5) is 26.4. The molecule has 0 saturated carbocycles. The molecule has 1 atom stereocenters. The summed E-state index contributed by atoms with van der Waals surface area (Å²) in [5, 5.41) is 11.3. The van der Waals surface area contributed by atoms with Gasteiger partial charge in [-0.2, -0.15) is 0 Å². The van der Waals surface area contributed by atoms with Crippen LogP contribution in [0, 0.1) is 0 Å². The van der Waals surface area contributed by atoms with Crippen LogP contribution in [0.4, 0.5) is 0 Å². The second kappa shape index (κ2) is 15.1. The summed E-state index contributed by atoms with van der Waals surface area (Å²) in [6.45, 7) is 3.71. The first-order valence-corrected chi connectivity index (χ1v) is 13.9. The average molecular weight is 572 g/mol. The molecule has 1 unspecified atom stereocenters. The maximum Gasteiger partial charge on any atom is 0.333 e. The molecule has 1 amide bonds. The number of ether oxygens (including phenoxy) is 4. The fraction of sp³-hybridized carbons (Fsp3) is 0.294. The molecular formula is C34H37NO7. The summed E-state index contributed by atoms with van der Waals surface area (Å²) in [7, 11) is 3.42. The van der Waals surface area contributed by atoms with Crippen LogP contribution < -0.4 is 4.74 Å². The van der Waals surface area contributed by atoms with Gasteiger partial charge < -0.3 is 29.0 Å². The van der Waals surface area contributed by atoms with Crippen molar-refractivity contribution >= 4 is 22.6 Å². The zero-order chi connectivity index (χ0) is 29.9. The van der Waals surface area contributed by atoms with Crippen LogP contribution in [0.5, 0.6) is 5.75 Å². The lowest BCUT2D eigenvalue weighted by molar-refractivity contribution is -0.149. The number of fused-ring (bicyclic) bond motifs is 1. The van der Waals surface area contributed by atoms with Crippen LogP contribution in [0.3, 0.4) is 0 Å². The number of aliphatic carboxylic acids is 1. The van der Waals surface area contributed by atoms with Gasteiger partial charge in [0.15, 0.2) is 12.9 Å². The summed E-state index contributed by atoms with van der Waals surface area (Å²) >= 11 is 0. The number of benzene rings is 4. The molecule has 8 heteroatoms. The summed E-state index contributed by atoms with van der Waals surface area (Å²) in [5.41, 5.74) is 4.54. The number of carbonyl (C=O) groups excluding carboxylic acids is 1. The molecule has 4 aromatic carbocycles. The third kappa shape index (κ3) is 8.39. The predicted molar refractivity (Wildman–Crippen MR) is 162 cm³/mol. The molecule has 0 radical (unpaired) electrons. The molecule has 1 N–H and O–H groups in total. The monoisotopic (exact) mass is 571 g/mol. The molecule has 0 bridgehead atoms. The van der Waals surface area contributed by atoms with E-state index >= 15 is 0 Å². The molecule has 0 aliphatic rings. The van der Waals surface area contributed by atoms with Crippen LogP contribution in [-0.2, 0) is 32.0 Å². The van der Waals surface area contributed by atoms with Crippen LogP contribution in [-0.4, -0.2) is 68.8 Å². The second-order valence-corrected chi connectivity index (χ2v) is 9.93. The van der Waals surface area contributed by atoms with Crippen LogP contribution in [0.15, 0.2) is 84.9 Å². The van der Waals surface area contributed by atoms with Crippen molar-refractivity contribution in [1.29, 1.82) is 0 Å². The number of rotatable bonds is 15. The largest absolute Gasteiger partial charge is 0.479 e. The van der Waals surface area contributed by atoms with Gasteiger partial charge in [0.05, 0.1) is 13.2 Å². The summed E-state index contributed by atoms with van der Waals surface area (Å²) in [6.07, 6.45) is -0.549. The second-order valence-electron chi connectivity index (χ2n) is 9.93. The van der Waals surface area contributed by atoms with Crippen molar-refractivity contribution in [2.24, 2.45) is 0 Å². The van der Waals surface area contributed by atoms with Gasteiger partial charge in [-0.3, -0.25) is 4.79 Å². The number of carbonyl (C=O) groups is 2. The minimum absolute atomic E-state index is 0.0687. The van der Waals surface area contributed by atoms with Gasteiger partial charge in [-0.15, -0.1) is 0 Å². The van der Waals surface area contributed by atoms with Crippen molar-refractivity contribution in [2.45, 2.75) is 26.0 Å². The number of carboxylic acids is 1. The molecule has 0 spiro atoms. The SMILES string of the molecule is CCOC(Cc1ccc(-c2cccc(CN(C)C(=O)c3ccc4cc(OCOCCOC)ccc4c3)c2)cc1)C(=O)O. The highest BCUT2D eigenvalue weighted by Crippen LogP contribution is 2.25. The van der Waals surface area contributed by atoms with E-state index in [-0.39, 0.29) is 12.7 Å². The molecule has 0 saturated heterocycles. The molecule has 4 aromatic rings. The van der Waals surface area contributed by atoms with Crippen LogP contribution in [0.25, 0.3) is 21.9 Å². The Kier molecular flexibility index (Phi) is 11.1. The van der Waals surface area contributed by atoms with E-state index in [2.05, 4.69) is 6.07 Å². The minimum Gasteiger partial charge on any atom is -0.479 e. The Bertz CT molecular complexity index is 1490. The van der Waals surface area contributed by atoms with E-state index in [4.69, 9.17) is 18.9 Å².